The first-order chi connectivity index (χ1) is 18.6. The number of hydrogen-bond donors (Lipinski definition) is 5. The van der Waals surface area contributed by atoms with Crippen LogP contribution in [0.25, 0.3) is 11.2 Å². The lowest BCUT2D eigenvalue weighted by Gasteiger charge is -2.11. The van der Waals surface area contributed by atoms with Gasteiger partial charge in [-0.2, -0.15) is 0 Å². The van der Waals surface area contributed by atoms with Gasteiger partial charge in [0.05, 0.1) is 25.1 Å². The maximum absolute atomic E-state index is 11.4. The molecule has 2 aromatic rings. The van der Waals surface area contributed by atoms with E-state index in [1.807, 2.05) is 6.08 Å². The van der Waals surface area contributed by atoms with Gasteiger partial charge >= 0.3 is 5.69 Å². The number of aliphatic hydroxyl groups is 2. The predicted octanol–water partition coefficient (Wildman–Crippen LogP) is 1.53. The number of nitrogens with two attached hydrogens (primary N) is 1. The summed E-state index contributed by atoms with van der Waals surface area (Å²) in [6, 6.07) is -0.594. The fourth-order valence-electron chi connectivity index (χ4n) is 3.98. The maximum Gasteiger partial charge on any atom is 0.332 e. The molecular weight excluding hydrogens is 504 g/mol. The number of carbonyl (C=O) groups excluding carboxylic acids is 2. The van der Waals surface area contributed by atoms with Crippen LogP contribution in [0.2, 0.25) is 0 Å². The third kappa shape index (κ3) is 13.0. The number of allylic oxidation sites excluding steroid dienone is 1. The number of amides is 2. The Hall–Kier alpha value is -3.09. The normalized spacial score (nSPS) is 12.8. The van der Waals surface area contributed by atoms with Crippen LogP contribution < -0.4 is 22.3 Å². The van der Waals surface area contributed by atoms with E-state index in [0.29, 0.717) is 17.6 Å². The molecule has 0 radical (unpaired) electrons. The van der Waals surface area contributed by atoms with Crippen LogP contribution in [0.1, 0.15) is 84.0 Å². The Balaban J connectivity index is 0.000000480. The van der Waals surface area contributed by atoms with E-state index in [4.69, 9.17) is 10.8 Å². The van der Waals surface area contributed by atoms with Crippen LogP contribution in [0, 0.1) is 0 Å². The molecule has 220 valence electrons. The molecule has 2 amide bonds. The van der Waals surface area contributed by atoms with E-state index in [0.717, 1.165) is 36.7 Å². The summed E-state index contributed by atoms with van der Waals surface area (Å²) in [6.07, 6.45) is 17.2. The highest BCUT2D eigenvalue weighted by atomic mass is 16.3. The molecule has 0 saturated heterocycles. The molecule has 0 aliphatic rings. The van der Waals surface area contributed by atoms with Crippen LogP contribution in [0.5, 0.6) is 0 Å². The zero-order valence-electron chi connectivity index (χ0n) is 23.5. The average Bonchev–Trinajstić information content (AvgIpc) is 3.40. The maximum atomic E-state index is 11.4. The quantitative estimate of drug-likeness (QED) is 0.154. The first-order valence-electron chi connectivity index (χ1n) is 13.7. The fraction of sp³-hybridized carbons (Fsp3) is 0.667. The third-order valence-electron chi connectivity index (χ3n) is 6.35. The molecule has 39 heavy (non-hydrogen) atoms. The minimum Gasteiger partial charge on any atom is -0.395 e. The summed E-state index contributed by atoms with van der Waals surface area (Å²) in [7, 11) is 3.01. The molecule has 2 heterocycles. The van der Waals surface area contributed by atoms with Crippen molar-refractivity contribution in [3.05, 3.63) is 39.3 Å². The van der Waals surface area contributed by atoms with Crippen LogP contribution in [0.15, 0.2) is 28.1 Å². The highest BCUT2D eigenvalue weighted by Crippen LogP contribution is 2.12. The van der Waals surface area contributed by atoms with Gasteiger partial charge in [-0.25, -0.2) is 9.78 Å². The Morgan fingerprint density at radius 3 is 2.15 bits per heavy atom. The number of aromatic amines is 1. The number of nitrogens with one attached hydrogen (secondary N) is 2. The highest BCUT2D eigenvalue weighted by molar-refractivity contribution is 5.93. The van der Waals surface area contributed by atoms with Crippen LogP contribution in [-0.4, -0.2) is 59.9 Å². The number of aliphatic hydroxyl groups excluding tert-OH is 2. The Bertz CT molecular complexity index is 1150. The number of unbranched alkanes of at least 4 members (excludes halogenated alkanes) is 10. The van der Waals surface area contributed by atoms with Gasteiger partial charge in [-0.3, -0.25) is 28.8 Å². The molecule has 0 saturated carbocycles. The van der Waals surface area contributed by atoms with Crippen molar-refractivity contribution < 1.29 is 19.8 Å². The molecule has 2 unspecified atom stereocenters. The van der Waals surface area contributed by atoms with Crippen molar-refractivity contribution in [3.63, 3.8) is 0 Å². The number of aromatic nitrogens is 4. The minimum absolute atomic E-state index is 0.168. The molecule has 2 rings (SSSR count). The van der Waals surface area contributed by atoms with Crippen LogP contribution in [0.3, 0.4) is 0 Å². The standard InChI is InChI=1S/C20H38N2O4.C7H8N4O2/c1-17(24)22-20(26)15-13-11-9-7-5-3-2-4-6-8-10-12-14-19(25)18(21)16-23;1-10-5-4(8-3-9-5)6(12)11(2)7(10)13/h12,14,18-19,23,25H,2-11,13,15-16,21H2,1H3,(H,22,24,26);3H,1-2H3,(H,8,9). The summed E-state index contributed by atoms with van der Waals surface area (Å²) in [6.45, 7) is 1.15. The number of imidazole rings is 1. The summed E-state index contributed by atoms with van der Waals surface area (Å²) in [5.41, 5.74) is 5.52. The van der Waals surface area contributed by atoms with Gasteiger partial charge in [0.1, 0.15) is 5.52 Å². The first kappa shape index (κ1) is 33.9. The van der Waals surface area contributed by atoms with E-state index >= 15 is 0 Å². The largest absolute Gasteiger partial charge is 0.395 e. The second kappa shape index (κ2) is 19.0. The van der Waals surface area contributed by atoms with Gasteiger partial charge in [-0.05, 0) is 19.3 Å². The Labute approximate surface area is 229 Å². The number of aryl methyl sites for hydroxylation is 1. The number of nitrogens with zero attached hydrogens (tertiary/aromatic N) is 3. The zero-order chi connectivity index (χ0) is 29.2. The summed E-state index contributed by atoms with van der Waals surface area (Å²) in [5.74, 6) is -0.451. The van der Waals surface area contributed by atoms with Gasteiger partial charge in [0, 0.05) is 27.4 Å². The molecule has 2 aromatic heterocycles. The molecular formula is C27H46N6O6. The van der Waals surface area contributed by atoms with Crippen LogP contribution in [0.4, 0.5) is 0 Å². The van der Waals surface area contributed by atoms with Crippen molar-refractivity contribution in [1.29, 1.82) is 0 Å². The molecule has 0 aromatic carbocycles. The Morgan fingerprint density at radius 2 is 1.59 bits per heavy atom. The number of fused-ring (bicyclic) bond motifs is 1. The number of hydrogen-bond acceptors (Lipinski definition) is 8. The fourth-order valence-corrected chi connectivity index (χ4v) is 3.98. The monoisotopic (exact) mass is 550 g/mol. The number of rotatable bonds is 16. The minimum atomic E-state index is -0.761. The van der Waals surface area contributed by atoms with Gasteiger partial charge in [0.15, 0.2) is 5.65 Å². The smallest absolute Gasteiger partial charge is 0.332 e. The van der Waals surface area contributed by atoms with E-state index in [9.17, 15) is 24.3 Å². The third-order valence-corrected chi connectivity index (χ3v) is 6.35. The van der Waals surface area contributed by atoms with E-state index in [-0.39, 0.29) is 29.7 Å². The Kier molecular flexibility index (Phi) is 16.6. The summed E-state index contributed by atoms with van der Waals surface area (Å²) < 4.78 is 2.37. The van der Waals surface area contributed by atoms with Gasteiger partial charge in [0.2, 0.25) is 11.8 Å². The zero-order valence-corrected chi connectivity index (χ0v) is 23.5. The summed E-state index contributed by atoms with van der Waals surface area (Å²) in [5, 5.41) is 20.7. The lowest BCUT2D eigenvalue weighted by molar-refractivity contribution is -0.129. The number of H-pyrrole nitrogens is 1. The molecule has 2 atom stereocenters. The topological polar surface area (TPSA) is 185 Å². The van der Waals surface area contributed by atoms with E-state index in [1.165, 1.54) is 63.4 Å². The van der Waals surface area contributed by atoms with Gasteiger partial charge in [-0.1, -0.05) is 63.5 Å². The molecule has 0 aliphatic heterocycles. The molecule has 0 spiro atoms. The molecule has 0 aliphatic carbocycles. The second-order valence-electron chi connectivity index (χ2n) is 9.75. The van der Waals surface area contributed by atoms with Crippen molar-refractivity contribution in [2.45, 2.75) is 96.1 Å². The average molecular weight is 551 g/mol. The van der Waals surface area contributed by atoms with Crippen molar-refractivity contribution >= 4 is 23.0 Å². The Morgan fingerprint density at radius 1 is 1.03 bits per heavy atom. The van der Waals surface area contributed by atoms with Gasteiger partial charge < -0.3 is 20.9 Å². The van der Waals surface area contributed by atoms with Crippen LogP contribution >= 0.6 is 0 Å². The van der Waals surface area contributed by atoms with Crippen molar-refractivity contribution in [3.8, 4) is 0 Å². The molecule has 0 fully saturated rings. The van der Waals surface area contributed by atoms with E-state index < -0.39 is 12.1 Å². The van der Waals surface area contributed by atoms with Crippen molar-refractivity contribution in [2.24, 2.45) is 19.8 Å². The highest BCUT2D eigenvalue weighted by Gasteiger charge is 2.09. The SMILES string of the molecule is CC(=O)NC(=O)CCCCCCCCCCCCC=CC(O)C(N)CO.Cn1c(=O)c2[nH]cnc2n(C)c1=O. The molecule has 0 bridgehead atoms. The lowest BCUT2D eigenvalue weighted by Crippen LogP contribution is -2.36. The summed E-state index contributed by atoms with van der Waals surface area (Å²) in [4.78, 5) is 51.3. The van der Waals surface area contributed by atoms with E-state index in [2.05, 4.69) is 15.3 Å². The predicted molar refractivity (Wildman–Crippen MR) is 151 cm³/mol. The molecule has 12 nitrogen and oxygen atoms in total. The van der Waals surface area contributed by atoms with Crippen molar-refractivity contribution in [1.82, 2.24) is 24.4 Å². The lowest BCUT2D eigenvalue weighted by atomic mass is 10.0. The second-order valence-corrected chi connectivity index (χ2v) is 9.75. The van der Waals surface area contributed by atoms with Gasteiger partial charge in [-0.15, -0.1) is 0 Å². The summed E-state index contributed by atoms with van der Waals surface area (Å²) >= 11 is 0. The molecule has 12 heteroatoms. The van der Waals surface area contributed by atoms with Crippen molar-refractivity contribution in [2.75, 3.05) is 6.61 Å². The number of imide groups is 1. The van der Waals surface area contributed by atoms with E-state index in [1.54, 1.807) is 13.1 Å². The first-order valence-corrected chi connectivity index (χ1v) is 13.7. The number of carbonyl (C=O) groups is 2. The molecule has 6 N–H and O–H groups in total. The van der Waals surface area contributed by atoms with Crippen LogP contribution in [-0.2, 0) is 23.7 Å². The van der Waals surface area contributed by atoms with Gasteiger partial charge in [0.25, 0.3) is 5.56 Å².